The average molecular weight is 179 g/mol. The normalized spacial score (nSPS) is 14.5. The molecule has 0 radical (unpaired) electrons. The van der Waals surface area contributed by atoms with Crippen LogP contribution in [0.3, 0.4) is 0 Å². The largest absolute Gasteiger partial charge is 0.387 e. The third kappa shape index (κ3) is 5.29. The van der Waals surface area contributed by atoms with E-state index in [9.17, 15) is 0 Å². The first-order valence-electron chi connectivity index (χ1n) is 4.92. The van der Waals surface area contributed by atoms with Gasteiger partial charge < -0.3 is 5.32 Å². The Morgan fingerprint density at radius 2 is 2.23 bits per heavy atom. The lowest BCUT2D eigenvalue weighted by Gasteiger charge is -2.10. The molecule has 0 spiro atoms. The highest BCUT2D eigenvalue weighted by molar-refractivity contribution is 5.11. The van der Waals surface area contributed by atoms with Gasteiger partial charge >= 0.3 is 0 Å². The number of nitrogens with one attached hydrogen (secondary N) is 1. The van der Waals surface area contributed by atoms with Crippen LogP contribution in [-0.4, -0.2) is 6.54 Å². The van der Waals surface area contributed by atoms with Gasteiger partial charge in [0.25, 0.3) is 0 Å². The Labute approximate surface area is 82.2 Å². The van der Waals surface area contributed by atoms with Crippen LogP contribution in [0.2, 0.25) is 0 Å². The summed E-state index contributed by atoms with van der Waals surface area (Å²) in [5.74, 6) is 0.535. The number of rotatable bonds is 6. The molecule has 1 nitrogen and oxygen atoms in total. The highest BCUT2D eigenvalue weighted by Gasteiger charge is 2.01. The van der Waals surface area contributed by atoms with E-state index in [-0.39, 0.29) is 0 Å². The number of hydrogen-bond donors (Lipinski definition) is 1. The number of hydrogen-bond acceptors (Lipinski definition) is 1. The smallest absolute Gasteiger partial charge is 0.0322 e. The van der Waals surface area contributed by atoms with Crippen LogP contribution in [0.1, 0.15) is 27.2 Å². The third-order valence-electron chi connectivity index (χ3n) is 2.02. The molecule has 0 amide bonds. The summed E-state index contributed by atoms with van der Waals surface area (Å²) in [6.07, 6.45) is 9.37. The molecule has 1 atom stereocenters. The predicted octanol–water partition coefficient (Wildman–Crippen LogP) is 3.27. The van der Waals surface area contributed by atoms with E-state index in [1.165, 1.54) is 5.57 Å². The molecule has 0 aromatic carbocycles. The van der Waals surface area contributed by atoms with Gasteiger partial charge in [0.05, 0.1) is 0 Å². The molecule has 0 saturated carbocycles. The molecular weight excluding hydrogens is 158 g/mol. The minimum absolute atomic E-state index is 0.535. The second-order valence-corrected chi connectivity index (χ2v) is 3.08. The topological polar surface area (TPSA) is 12.0 Å². The zero-order chi connectivity index (χ0) is 10.1. The van der Waals surface area contributed by atoms with E-state index in [1.54, 1.807) is 0 Å². The highest BCUT2D eigenvalue weighted by atomic mass is 14.8. The van der Waals surface area contributed by atoms with Crippen molar-refractivity contribution in [2.75, 3.05) is 6.54 Å². The molecule has 0 aliphatic carbocycles. The molecule has 13 heavy (non-hydrogen) atoms. The summed E-state index contributed by atoms with van der Waals surface area (Å²) in [4.78, 5) is 0. The second kappa shape index (κ2) is 7.66. The fourth-order valence-electron chi connectivity index (χ4n) is 1.24. The molecule has 0 aromatic heterocycles. The first-order valence-corrected chi connectivity index (χ1v) is 4.92. The van der Waals surface area contributed by atoms with Gasteiger partial charge in [-0.25, -0.2) is 0 Å². The van der Waals surface area contributed by atoms with Gasteiger partial charge in [0.1, 0.15) is 0 Å². The maximum absolute atomic E-state index is 3.66. The summed E-state index contributed by atoms with van der Waals surface area (Å²) in [6, 6.07) is 0. The fourth-order valence-corrected chi connectivity index (χ4v) is 1.24. The number of allylic oxidation sites excluding steroid dienone is 3. The lowest BCUT2D eigenvalue weighted by molar-refractivity contribution is 0.784. The van der Waals surface area contributed by atoms with Gasteiger partial charge in [0.2, 0.25) is 0 Å². The first kappa shape index (κ1) is 12.0. The van der Waals surface area contributed by atoms with Gasteiger partial charge in [-0.05, 0) is 31.0 Å². The van der Waals surface area contributed by atoms with Gasteiger partial charge in [-0.15, -0.1) is 6.58 Å². The Balaban J connectivity index is 4.13. The van der Waals surface area contributed by atoms with Crippen LogP contribution in [-0.2, 0) is 0 Å². The maximum atomic E-state index is 3.66. The van der Waals surface area contributed by atoms with Crippen LogP contribution >= 0.6 is 0 Å². The van der Waals surface area contributed by atoms with Gasteiger partial charge in [-0.1, -0.05) is 32.1 Å². The van der Waals surface area contributed by atoms with Crippen LogP contribution < -0.4 is 5.32 Å². The van der Waals surface area contributed by atoms with Gasteiger partial charge in [0, 0.05) is 6.54 Å². The highest BCUT2D eigenvalue weighted by Crippen LogP contribution is 2.14. The summed E-state index contributed by atoms with van der Waals surface area (Å²) in [6.45, 7) is 10.9. The molecule has 0 heterocycles. The molecule has 1 heteroatoms. The Morgan fingerprint density at radius 3 is 2.69 bits per heavy atom. The van der Waals surface area contributed by atoms with Crippen molar-refractivity contribution in [2.24, 2.45) is 5.92 Å². The van der Waals surface area contributed by atoms with E-state index in [0.29, 0.717) is 5.92 Å². The molecule has 0 aliphatic heterocycles. The van der Waals surface area contributed by atoms with Crippen molar-refractivity contribution in [3.05, 3.63) is 36.6 Å². The van der Waals surface area contributed by atoms with E-state index in [4.69, 9.17) is 0 Å². The summed E-state index contributed by atoms with van der Waals surface area (Å²) in [5.41, 5.74) is 1.43. The van der Waals surface area contributed by atoms with Crippen molar-refractivity contribution >= 4 is 0 Å². The first-order chi connectivity index (χ1) is 6.26. The SMILES string of the molecule is C=CCN/C=C(/CC)C(C)/C=C\C. The van der Waals surface area contributed by atoms with Crippen molar-refractivity contribution in [3.63, 3.8) is 0 Å². The average Bonchev–Trinajstić information content (AvgIpc) is 2.13. The standard InChI is InChI=1S/C12H21N/c1-5-8-11(4)12(7-3)10-13-9-6-2/h5-6,8,10-11,13H,2,7,9H2,1,3-4H3/b8-5-,12-10-. The predicted molar refractivity (Wildman–Crippen MR) is 60.6 cm³/mol. The molecule has 1 unspecified atom stereocenters. The van der Waals surface area contributed by atoms with Crippen LogP contribution in [0.25, 0.3) is 0 Å². The Kier molecular flexibility index (Phi) is 7.08. The fraction of sp³-hybridized carbons (Fsp3) is 0.500. The molecule has 0 aliphatic rings. The molecule has 0 saturated heterocycles. The Hall–Kier alpha value is -0.980. The molecule has 0 bridgehead atoms. The Bertz CT molecular complexity index is 189. The van der Waals surface area contributed by atoms with Crippen molar-refractivity contribution in [1.82, 2.24) is 5.32 Å². The molecule has 0 fully saturated rings. The van der Waals surface area contributed by atoms with E-state index < -0.39 is 0 Å². The van der Waals surface area contributed by atoms with Crippen molar-refractivity contribution in [2.45, 2.75) is 27.2 Å². The lowest BCUT2D eigenvalue weighted by Crippen LogP contribution is -2.07. The Morgan fingerprint density at radius 1 is 1.54 bits per heavy atom. The molecular formula is C12H21N. The van der Waals surface area contributed by atoms with E-state index in [1.807, 2.05) is 6.08 Å². The van der Waals surface area contributed by atoms with Gasteiger partial charge in [-0.3, -0.25) is 0 Å². The van der Waals surface area contributed by atoms with Gasteiger partial charge in [0.15, 0.2) is 0 Å². The minimum atomic E-state index is 0.535. The van der Waals surface area contributed by atoms with Crippen LogP contribution in [0.4, 0.5) is 0 Å². The minimum Gasteiger partial charge on any atom is -0.387 e. The summed E-state index contributed by atoms with van der Waals surface area (Å²) in [5, 5.41) is 3.21. The zero-order valence-corrected chi connectivity index (χ0v) is 9.01. The quantitative estimate of drug-likeness (QED) is 0.487. The van der Waals surface area contributed by atoms with Crippen molar-refractivity contribution < 1.29 is 0 Å². The van der Waals surface area contributed by atoms with Crippen LogP contribution in [0.15, 0.2) is 36.6 Å². The zero-order valence-electron chi connectivity index (χ0n) is 9.01. The lowest BCUT2D eigenvalue weighted by atomic mass is 9.99. The third-order valence-corrected chi connectivity index (χ3v) is 2.02. The van der Waals surface area contributed by atoms with E-state index >= 15 is 0 Å². The van der Waals surface area contributed by atoms with Crippen LogP contribution in [0, 0.1) is 5.92 Å². The van der Waals surface area contributed by atoms with Crippen molar-refractivity contribution in [1.29, 1.82) is 0 Å². The summed E-state index contributed by atoms with van der Waals surface area (Å²) < 4.78 is 0. The molecule has 0 aromatic rings. The van der Waals surface area contributed by atoms with E-state index in [2.05, 4.69) is 51.0 Å². The van der Waals surface area contributed by atoms with Crippen LogP contribution in [0.5, 0.6) is 0 Å². The second-order valence-electron chi connectivity index (χ2n) is 3.08. The van der Waals surface area contributed by atoms with E-state index in [0.717, 1.165) is 13.0 Å². The summed E-state index contributed by atoms with van der Waals surface area (Å²) in [7, 11) is 0. The van der Waals surface area contributed by atoms with Gasteiger partial charge in [-0.2, -0.15) is 0 Å². The maximum Gasteiger partial charge on any atom is 0.0322 e. The van der Waals surface area contributed by atoms with Crippen molar-refractivity contribution in [3.8, 4) is 0 Å². The molecule has 0 rings (SSSR count). The monoisotopic (exact) mass is 179 g/mol. The molecule has 1 N–H and O–H groups in total. The molecule has 74 valence electrons. The summed E-state index contributed by atoms with van der Waals surface area (Å²) >= 11 is 0.